The summed E-state index contributed by atoms with van der Waals surface area (Å²) in [5.41, 5.74) is 2.86. The zero-order valence-corrected chi connectivity index (χ0v) is 17.8. The number of halogens is 1. The quantitative estimate of drug-likeness (QED) is 0.666. The van der Waals surface area contributed by atoms with Gasteiger partial charge in [-0.1, -0.05) is 11.6 Å². The van der Waals surface area contributed by atoms with Crippen molar-refractivity contribution in [3.63, 3.8) is 0 Å². The SMILES string of the molecule is Cc1cc(C)n(-c2ccc(Cl)c(C(=O)Nc3nc(CN4CCOCC4)cs3)n2)n1. The largest absolute Gasteiger partial charge is 0.379 e. The molecule has 0 spiro atoms. The molecule has 3 aromatic heterocycles. The Kier molecular flexibility index (Phi) is 5.91. The summed E-state index contributed by atoms with van der Waals surface area (Å²) < 4.78 is 7.05. The number of ether oxygens (including phenoxy) is 1. The van der Waals surface area contributed by atoms with Crippen molar-refractivity contribution in [2.75, 3.05) is 31.6 Å². The number of nitrogens with zero attached hydrogens (tertiary/aromatic N) is 5. The van der Waals surface area contributed by atoms with Gasteiger partial charge in [0.25, 0.3) is 5.91 Å². The summed E-state index contributed by atoms with van der Waals surface area (Å²) in [5, 5.41) is 9.96. The van der Waals surface area contributed by atoms with Crippen LogP contribution in [0.1, 0.15) is 27.6 Å². The van der Waals surface area contributed by atoms with Crippen LogP contribution in [0.5, 0.6) is 0 Å². The molecule has 8 nitrogen and oxygen atoms in total. The molecule has 1 amide bonds. The average molecular weight is 433 g/mol. The van der Waals surface area contributed by atoms with Crippen molar-refractivity contribution in [1.82, 2.24) is 24.6 Å². The van der Waals surface area contributed by atoms with Gasteiger partial charge in [-0.15, -0.1) is 11.3 Å². The summed E-state index contributed by atoms with van der Waals surface area (Å²) in [6.07, 6.45) is 0. The Balaban J connectivity index is 1.48. The molecule has 0 radical (unpaired) electrons. The summed E-state index contributed by atoms with van der Waals surface area (Å²) in [7, 11) is 0. The number of carbonyl (C=O) groups is 1. The van der Waals surface area contributed by atoms with Gasteiger partial charge in [0.1, 0.15) is 5.69 Å². The minimum Gasteiger partial charge on any atom is -0.379 e. The van der Waals surface area contributed by atoms with Gasteiger partial charge in [0, 0.05) is 30.7 Å². The lowest BCUT2D eigenvalue weighted by Crippen LogP contribution is -2.35. The Morgan fingerprint density at radius 1 is 1.28 bits per heavy atom. The van der Waals surface area contributed by atoms with Crippen molar-refractivity contribution in [3.05, 3.63) is 51.4 Å². The van der Waals surface area contributed by atoms with Gasteiger partial charge in [0.2, 0.25) is 0 Å². The lowest BCUT2D eigenvalue weighted by atomic mass is 10.3. The summed E-state index contributed by atoms with van der Waals surface area (Å²) in [5.74, 6) is 0.142. The van der Waals surface area contributed by atoms with Crippen molar-refractivity contribution in [2.45, 2.75) is 20.4 Å². The third kappa shape index (κ3) is 4.64. The lowest BCUT2D eigenvalue weighted by Gasteiger charge is -2.25. The Bertz CT molecular complexity index is 1030. The Labute approximate surface area is 177 Å². The molecular formula is C19H21ClN6O2S. The molecule has 0 atom stereocenters. The second-order valence-electron chi connectivity index (χ2n) is 6.83. The van der Waals surface area contributed by atoms with Gasteiger partial charge in [0.05, 0.1) is 29.6 Å². The second kappa shape index (κ2) is 8.58. The monoisotopic (exact) mass is 432 g/mol. The molecule has 0 aromatic carbocycles. The summed E-state index contributed by atoms with van der Waals surface area (Å²) in [6, 6.07) is 5.34. The first kappa shape index (κ1) is 20.0. The molecule has 1 aliphatic heterocycles. The number of morpholine rings is 1. The van der Waals surface area contributed by atoms with E-state index in [-0.39, 0.29) is 10.7 Å². The average Bonchev–Trinajstić information content (AvgIpc) is 3.28. The molecule has 0 bridgehead atoms. The highest BCUT2D eigenvalue weighted by Gasteiger charge is 2.18. The van der Waals surface area contributed by atoms with E-state index in [1.165, 1.54) is 11.3 Å². The number of hydrogen-bond acceptors (Lipinski definition) is 7. The summed E-state index contributed by atoms with van der Waals surface area (Å²) in [6.45, 7) is 7.83. The van der Waals surface area contributed by atoms with E-state index in [1.54, 1.807) is 16.8 Å². The fraction of sp³-hybridized carbons (Fsp3) is 0.368. The summed E-state index contributed by atoms with van der Waals surface area (Å²) >= 11 is 7.62. The Morgan fingerprint density at radius 3 is 2.79 bits per heavy atom. The van der Waals surface area contributed by atoms with E-state index in [9.17, 15) is 4.79 Å². The second-order valence-corrected chi connectivity index (χ2v) is 8.09. The van der Waals surface area contributed by atoms with Gasteiger partial charge >= 0.3 is 0 Å². The number of rotatable bonds is 5. The lowest BCUT2D eigenvalue weighted by molar-refractivity contribution is 0.0337. The first-order valence-electron chi connectivity index (χ1n) is 9.25. The fourth-order valence-corrected chi connectivity index (χ4v) is 4.04. The number of nitrogens with one attached hydrogen (secondary N) is 1. The predicted molar refractivity (Wildman–Crippen MR) is 112 cm³/mol. The van der Waals surface area contributed by atoms with Crippen molar-refractivity contribution in [3.8, 4) is 5.82 Å². The van der Waals surface area contributed by atoms with Crippen LogP contribution in [0.4, 0.5) is 5.13 Å². The highest BCUT2D eigenvalue weighted by atomic mass is 35.5. The number of aryl methyl sites for hydroxylation is 2. The number of hydrogen-bond donors (Lipinski definition) is 1. The first-order chi connectivity index (χ1) is 14.0. The number of carbonyl (C=O) groups excluding carboxylic acids is 1. The van der Waals surface area contributed by atoms with E-state index >= 15 is 0 Å². The molecule has 1 fully saturated rings. The standard InChI is InChI=1S/C19H21ClN6O2S/c1-12-9-13(2)26(24-12)16-4-3-15(20)17(22-16)18(27)23-19-21-14(11-29-19)10-25-5-7-28-8-6-25/h3-4,9,11H,5-8,10H2,1-2H3,(H,21,23,27). The van der Waals surface area contributed by atoms with Crippen LogP contribution >= 0.6 is 22.9 Å². The van der Waals surface area contributed by atoms with Gasteiger partial charge in [0.15, 0.2) is 10.9 Å². The predicted octanol–water partition coefficient (Wildman–Crippen LogP) is 3.08. The van der Waals surface area contributed by atoms with Crippen LogP contribution in [0.25, 0.3) is 5.82 Å². The maximum absolute atomic E-state index is 12.8. The topological polar surface area (TPSA) is 85.2 Å². The number of pyridine rings is 1. The third-order valence-corrected chi connectivity index (χ3v) is 5.65. The van der Waals surface area contributed by atoms with E-state index in [0.29, 0.717) is 10.9 Å². The minimum atomic E-state index is -0.398. The van der Waals surface area contributed by atoms with Gasteiger partial charge in [-0.25, -0.2) is 14.6 Å². The van der Waals surface area contributed by atoms with Gasteiger partial charge in [-0.05, 0) is 32.0 Å². The van der Waals surface area contributed by atoms with Crippen LogP contribution < -0.4 is 5.32 Å². The smallest absolute Gasteiger partial charge is 0.277 e. The van der Waals surface area contributed by atoms with Crippen LogP contribution in [0, 0.1) is 13.8 Å². The zero-order valence-electron chi connectivity index (χ0n) is 16.2. The normalized spacial score (nSPS) is 14.9. The van der Waals surface area contributed by atoms with E-state index in [0.717, 1.165) is 49.9 Å². The molecule has 0 aliphatic carbocycles. The molecule has 29 heavy (non-hydrogen) atoms. The highest BCUT2D eigenvalue weighted by molar-refractivity contribution is 7.14. The maximum Gasteiger partial charge on any atom is 0.277 e. The van der Waals surface area contributed by atoms with Crippen molar-refractivity contribution in [2.24, 2.45) is 0 Å². The highest BCUT2D eigenvalue weighted by Crippen LogP contribution is 2.21. The third-order valence-electron chi connectivity index (χ3n) is 4.53. The number of amides is 1. The first-order valence-corrected chi connectivity index (χ1v) is 10.5. The molecule has 0 saturated carbocycles. The van der Waals surface area contributed by atoms with Crippen LogP contribution in [0.2, 0.25) is 5.02 Å². The molecule has 152 valence electrons. The van der Waals surface area contributed by atoms with E-state index < -0.39 is 5.91 Å². The van der Waals surface area contributed by atoms with Crippen molar-refractivity contribution in [1.29, 1.82) is 0 Å². The van der Waals surface area contributed by atoms with Crippen LogP contribution in [-0.4, -0.2) is 56.9 Å². The van der Waals surface area contributed by atoms with Crippen LogP contribution in [-0.2, 0) is 11.3 Å². The van der Waals surface area contributed by atoms with Crippen molar-refractivity contribution >= 4 is 34.0 Å². The summed E-state index contributed by atoms with van der Waals surface area (Å²) in [4.78, 5) is 24.0. The molecule has 1 N–H and O–H groups in total. The van der Waals surface area contributed by atoms with Gasteiger partial charge < -0.3 is 4.74 Å². The van der Waals surface area contributed by atoms with Gasteiger partial charge in [-0.2, -0.15) is 5.10 Å². The number of aromatic nitrogens is 4. The molecule has 0 unspecified atom stereocenters. The molecule has 3 aromatic rings. The molecule has 4 heterocycles. The maximum atomic E-state index is 12.8. The molecule has 1 aliphatic rings. The van der Waals surface area contributed by atoms with E-state index in [1.807, 2.05) is 25.3 Å². The minimum absolute atomic E-state index is 0.140. The molecule has 10 heteroatoms. The zero-order chi connectivity index (χ0) is 20.4. The Morgan fingerprint density at radius 2 is 2.07 bits per heavy atom. The van der Waals surface area contributed by atoms with Gasteiger partial charge in [-0.3, -0.25) is 15.0 Å². The molecule has 1 saturated heterocycles. The number of thiazole rings is 1. The van der Waals surface area contributed by atoms with Crippen LogP contribution in [0.15, 0.2) is 23.6 Å². The van der Waals surface area contributed by atoms with E-state index in [2.05, 4.69) is 25.3 Å². The van der Waals surface area contributed by atoms with Crippen molar-refractivity contribution < 1.29 is 9.53 Å². The van der Waals surface area contributed by atoms with E-state index in [4.69, 9.17) is 16.3 Å². The number of anilines is 1. The molecule has 4 rings (SSSR count). The fourth-order valence-electron chi connectivity index (χ4n) is 3.15. The molecular weight excluding hydrogens is 412 g/mol. The van der Waals surface area contributed by atoms with Crippen LogP contribution in [0.3, 0.4) is 0 Å². The Hall–Kier alpha value is -2.33.